The molecular weight excluding hydrogens is 376 g/mol. The maximum atomic E-state index is 12.2. The number of aryl methyl sites for hydroxylation is 1. The van der Waals surface area contributed by atoms with Gasteiger partial charge in [-0.25, -0.2) is 9.36 Å². The number of nitrogens with zero attached hydrogens (tertiary/aromatic N) is 4. The molecule has 3 rings (SSSR count). The Morgan fingerprint density at radius 1 is 1.46 bits per heavy atom. The summed E-state index contributed by atoms with van der Waals surface area (Å²) in [5.41, 5.74) is -2.02. The third kappa shape index (κ3) is 4.09. The van der Waals surface area contributed by atoms with Gasteiger partial charge in [-0.2, -0.15) is 0 Å². The van der Waals surface area contributed by atoms with Gasteiger partial charge >= 0.3 is 11.6 Å². The van der Waals surface area contributed by atoms with Crippen molar-refractivity contribution in [1.82, 2.24) is 24.4 Å². The molecule has 0 radical (unpaired) electrons. The van der Waals surface area contributed by atoms with E-state index in [1.807, 2.05) is 4.98 Å². The second kappa shape index (κ2) is 8.31. The highest BCUT2D eigenvalue weighted by Crippen LogP contribution is 2.17. The van der Waals surface area contributed by atoms with E-state index in [1.54, 1.807) is 0 Å². The van der Waals surface area contributed by atoms with Crippen molar-refractivity contribution in [2.75, 3.05) is 19.8 Å². The first kappa shape index (κ1) is 19.7. The van der Waals surface area contributed by atoms with Crippen LogP contribution in [0.3, 0.4) is 0 Å². The number of amides is 1. The molecule has 13 heteroatoms. The van der Waals surface area contributed by atoms with Crippen LogP contribution in [0.25, 0.3) is 11.2 Å². The predicted molar refractivity (Wildman–Crippen MR) is 94.8 cm³/mol. The van der Waals surface area contributed by atoms with Crippen molar-refractivity contribution in [2.24, 2.45) is 7.05 Å². The van der Waals surface area contributed by atoms with Crippen molar-refractivity contribution in [3.05, 3.63) is 31.0 Å². The Bertz CT molecular complexity index is 1000. The fraction of sp³-hybridized carbons (Fsp3) is 0.600. The van der Waals surface area contributed by atoms with E-state index in [0.29, 0.717) is 6.61 Å². The summed E-state index contributed by atoms with van der Waals surface area (Å²) in [5, 5.41) is 13.8. The Morgan fingerprint density at radius 2 is 2.25 bits per heavy atom. The maximum absolute atomic E-state index is 12.2. The molecule has 2 aromatic heterocycles. The molecule has 1 aliphatic heterocycles. The summed E-state index contributed by atoms with van der Waals surface area (Å²) in [7, 11) is 1.31. The van der Waals surface area contributed by atoms with Crippen LogP contribution in [0, 0.1) is 10.1 Å². The molecule has 1 saturated heterocycles. The van der Waals surface area contributed by atoms with Crippen molar-refractivity contribution in [3.8, 4) is 0 Å². The van der Waals surface area contributed by atoms with Crippen molar-refractivity contribution in [3.63, 3.8) is 0 Å². The molecule has 0 saturated carbocycles. The van der Waals surface area contributed by atoms with Gasteiger partial charge in [-0.05, 0) is 29.2 Å². The number of hydrogen-bond donors (Lipinski definition) is 2. The van der Waals surface area contributed by atoms with E-state index in [2.05, 4.69) is 10.3 Å². The third-order valence-electron chi connectivity index (χ3n) is 4.32. The summed E-state index contributed by atoms with van der Waals surface area (Å²) < 4.78 is 12.7. The van der Waals surface area contributed by atoms with Gasteiger partial charge in [0.05, 0.1) is 6.61 Å². The van der Waals surface area contributed by atoms with Crippen LogP contribution < -0.4 is 16.6 Å². The molecule has 1 aliphatic rings. The molecule has 1 fully saturated rings. The molecule has 0 aromatic carbocycles. The van der Waals surface area contributed by atoms with Crippen LogP contribution in [0.1, 0.15) is 19.3 Å². The number of hydrogen-bond acceptors (Lipinski definition) is 8. The zero-order valence-corrected chi connectivity index (χ0v) is 15.2. The summed E-state index contributed by atoms with van der Waals surface area (Å²) in [6, 6.07) is 0. The van der Waals surface area contributed by atoms with Crippen LogP contribution in [0.4, 0.5) is 5.95 Å². The van der Waals surface area contributed by atoms with E-state index in [0.717, 1.165) is 28.4 Å². The van der Waals surface area contributed by atoms with E-state index in [9.17, 15) is 24.5 Å². The van der Waals surface area contributed by atoms with Crippen molar-refractivity contribution in [1.29, 1.82) is 0 Å². The molecule has 1 amide bonds. The molecule has 152 valence electrons. The van der Waals surface area contributed by atoms with Crippen molar-refractivity contribution in [2.45, 2.75) is 32.1 Å². The van der Waals surface area contributed by atoms with E-state index >= 15 is 0 Å². The van der Waals surface area contributed by atoms with Gasteiger partial charge in [0, 0.05) is 20.2 Å². The molecular formula is C15H20N6O7. The van der Waals surface area contributed by atoms with Gasteiger partial charge in [0.2, 0.25) is 5.52 Å². The predicted octanol–water partition coefficient (Wildman–Crippen LogP) is -1.01. The number of carbonyl (C=O) groups is 1. The SMILES string of the molecule is Cn1c(=O)[nH]c(=O)c2c1nc([N+](=O)[O-])n2CC(=O)NCCOC1CCCCO1. The van der Waals surface area contributed by atoms with E-state index < -0.39 is 34.6 Å². The second-order valence-electron chi connectivity index (χ2n) is 6.26. The maximum Gasteiger partial charge on any atom is 0.437 e. The highest BCUT2D eigenvalue weighted by Gasteiger charge is 2.28. The average Bonchev–Trinajstić information content (AvgIpc) is 3.04. The van der Waals surface area contributed by atoms with E-state index in [4.69, 9.17) is 9.47 Å². The number of ether oxygens (including phenoxy) is 2. The summed E-state index contributed by atoms with van der Waals surface area (Å²) in [4.78, 5) is 52.2. The first-order valence-electron chi connectivity index (χ1n) is 8.72. The number of imidazole rings is 1. The van der Waals surface area contributed by atoms with Gasteiger partial charge in [0.15, 0.2) is 12.8 Å². The van der Waals surface area contributed by atoms with Gasteiger partial charge < -0.3 is 24.9 Å². The minimum absolute atomic E-state index is 0.175. The molecule has 0 bridgehead atoms. The van der Waals surface area contributed by atoms with Crippen LogP contribution in [-0.2, 0) is 27.9 Å². The normalized spacial score (nSPS) is 17.0. The van der Waals surface area contributed by atoms with E-state index in [-0.39, 0.29) is 30.6 Å². The molecule has 0 spiro atoms. The first-order chi connectivity index (χ1) is 13.4. The molecule has 2 aromatic rings. The summed E-state index contributed by atoms with van der Waals surface area (Å²) in [5.74, 6) is -1.27. The topological polar surface area (TPSA) is 163 Å². The minimum Gasteiger partial charge on any atom is -0.390 e. The highest BCUT2D eigenvalue weighted by molar-refractivity contribution is 5.80. The third-order valence-corrected chi connectivity index (χ3v) is 4.32. The zero-order chi connectivity index (χ0) is 20.3. The largest absolute Gasteiger partial charge is 0.437 e. The smallest absolute Gasteiger partial charge is 0.390 e. The molecule has 13 nitrogen and oxygen atoms in total. The van der Waals surface area contributed by atoms with Crippen LogP contribution in [0.5, 0.6) is 0 Å². The zero-order valence-electron chi connectivity index (χ0n) is 15.2. The van der Waals surface area contributed by atoms with E-state index in [1.165, 1.54) is 7.05 Å². The fourth-order valence-corrected chi connectivity index (χ4v) is 2.94. The Kier molecular flexibility index (Phi) is 5.84. The average molecular weight is 396 g/mol. The summed E-state index contributed by atoms with van der Waals surface area (Å²) >= 11 is 0. The van der Waals surface area contributed by atoms with Gasteiger partial charge in [-0.1, -0.05) is 0 Å². The molecule has 2 N–H and O–H groups in total. The van der Waals surface area contributed by atoms with Crippen molar-refractivity contribution >= 4 is 23.0 Å². The second-order valence-corrected chi connectivity index (χ2v) is 6.26. The number of fused-ring (bicyclic) bond motifs is 1. The van der Waals surface area contributed by atoms with Gasteiger partial charge in [0.25, 0.3) is 17.1 Å². The molecule has 1 atom stereocenters. The monoisotopic (exact) mass is 396 g/mol. The van der Waals surface area contributed by atoms with Crippen LogP contribution in [-0.4, -0.2) is 56.0 Å². The van der Waals surface area contributed by atoms with Crippen molar-refractivity contribution < 1.29 is 19.2 Å². The fourth-order valence-electron chi connectivity index (χ4n) is 2.94. The Hall–Kier alpha value is -3.06. The summed E-state index contributed by atoms with van der Waals surface area (Å²) in [6.07, 6.45) is 2.52. The lowest BCUT2D eigenvalue weighted by Crippen LogP contribution is -2.34. The summed E-state index contributed by atoms with van der Waals surface area (Å²) in [6.45, 7) is 0.533. The number of aromatic amines is 1. The first-order valence-corrected chi connectivity index (χ1v) is 8.72. The van der Waals surface area contributed by atoms with Gasteiger partial charge in [-0.3, -0.25) is 19.1 Å². The number of H-pyrrole nitrogens is 1. The number of rotatable bonds is 7. The minimum atomic E-state index is -0.857. The standard InChI is InChI=1S/C15H20N6O7/c1-19-12-11(13(23)18-15(19)24)20(14(17-12)21(25)26)8-9(22)16-5-7-28-10-4-2-3-6-27-10/h10H,2-8H2,1H3,(H,16,22)(H,18,23,24). The van der Waals surface area contributed by atoms with Crippen LogP contribution in [0.15, 0.2) is 9.59 Å². The lowest BCUT2D eigenvalue weighted by atomic mass is 10.2. The lowest BCUT2D eigenvalue weighted by Gasteiger charge is -2.22. The number of nitrogens with one attached hydrogen (secondary N) is 2. The highest BCUT2D eigenvalue weighted by atomic mass is 16.7. The van der Waals surface area contributed by atoms with Crippen LogP contribution >= 0.6 is 0 Å². The van der Waals surface area contributed by atoms with Gasteiger partial charge in [-0.15, -0.1) is 0 Å². The number of carbonyl (C=O) groups excluding carboxylic acids is 1. The Balaban J connectivity index is 1.70. The number of aromatic nitrogens is 4. The number of nitro groups is 1. The van der Waals surface area contributed by atoms with Crippen LogP contribution in [0.2, 0.25) is 0 Å². The van der Waals surface area contributed by atoms with Gasteiger partial charge in [0.1, 0.15) is 0 Å². The Morgan fingerprint density at radius 3 is 2.93 bits per heavy atom. The molecule has 3 heterocycles. The molecule has 1 unspecified atom stereocenters. The molecule has 28 heavy (non-hydrogen) atoms. The molecule has 0 aliphatic carbocycles. The lowest BCUT2D eigenvalue weighted by molar-refractivity contribution is -0.396. The quantitative estimate of drug-likeness (QED) is 0.341. The Labute approximate surface area is 157 Å².